The monoisotopic (exact) mass is 241 g/mol. The van der Waals surface area contributed by atoms with Gasteiger partial charge >= 0.3 is 0 Å². The number of benzene rings is 1. The summed E-state index contributed by atoms with van der Waals surface area (Å²) in [6, 6.07) is 5.89. The topological polar surface area (TPSA) is 35.2 Å². The molecule has 0 fully saturated rings. The van der Waals surface area contributed by atoms with Crippen molar-refractivity contribution in [2.24, 2.45) is 5.73 Å². The summed E-state index contributed by atoms with van der Waals surface area (Å²) in [5.74, 6) is 0.776. The molecule has 16 heavy (non-hydrogen) atoms. The molecule has 2 N–H and O–H groups in total. The fraction of sp³-hybridized carbons (Fsp3) is 0.538. The van der Waals surface area contributed by atoms with Crippen LogP contribution in [0.4, 0.5) is 0 Å². The van der Waals surface area contributed by atoms with E-state index in [4.69, 9.17) is 22.1 Å². The molecular weight excluding hydrogens is 222 g/mol. The van der Waals surface area contributed by atoms with Crippen LogP contribution in [-0.4, -0.2) is 13.2 Å². The number of nitrogens with two attached hydrogens (primary N) is 1. The molecular formula is C13H20ClNO. The predicted molar refractivity (Wildman–Crippen MR) is 69.2 cm³/mol. The average Bonchev–Trinajstić information content (AvgIpc) is 2.27. The highest BCUT2D eigenvalue weighted by atomic mass is 35.5. The van der Waals surface area contributed by atoms with Crippen molar-refractivity contribution in [1.29, 1.82) is 0 Å². The smallest absolute Gasteiger partial charge is 0.137 e. The highest BCUT2D eigenvalue weighted by Crippen LogP contribution is 2.25. The fourth-order valence-corrected chi connectivity index (χ4v) is 1.78. The first kappa shape index (κ1) is 13.3. The van der Waals surface area contributed by atoms with Crippen LogP contribution in [-0.2, 0) is 6.42 Å². The number of unbranched alkanes of at least 4 members (excludes halogenated alkanes) is 2. The number of hydrogen-bond donors (Lipinski definition) is 1. The Morgan fingerprint density at radius 1 is 1.31 bits per heavy atom. The first-order chi connectivity index (χ1) is 7.77. The van der Waals surface area contributed by atoms with Crippen LogP contribution in [0.5, 0.6) is 5.75 Å². The van der Waals surface area contributed by atoms with Crippen molar-refractivity contribution in [3.8, 4) is 5.75 Å². The highest BCUT2D eigenvalue weighted by Gasteiger charge is 2.02. The zero-order valence-corrected chi connectivity index (χ0v) is 10.6. The molecule has 1 rings (SSSR count). The molecule has 0 bridgehead atoms. The van der Waals surface area contributed by atoms with E-state index < -0.39 is 0 Å². The Hall–Kier alpha value is -0.730. The van der Waals surface area contributed by atoms with Crippen LogP contribution in [0.15, 0.2) is 18.2 Å². The summed E-state index contributed by atoms with van der Waals surface area (Å²) in [4.78, 5) is 0. The zero-order chi connectivity index (χ0) is 11.8. The van der Waals surface area contributed by atoms with E-state index in [-0.39, 0.29) is 0 Å². The van der Waals surface area contributed by atoms with Crippen molar-refractivity contribution in [3.05, 3.63) is 28.8 Å². The maximum Gasteiger partial charge on any atom is 0.137 e. The Morgan fingerprint density at radius 2 is 2.12 bits per heavy atom. The maximum atomic E-state index is 6.11. The lowest BCUT2D eigenvalue weighted by molar-refractivity contribution is 0.306. The number of halogens is 1. The Bertz CT molecular complexity index is 315. The molecule has 1 aromatic rings. The summed E-state index contributed by atoms with van der Waals surface area (Å²) >= 11 is 6.11. The lowest BCUT2D eigenvalue weighted by Gasteiger charge is -2.09. The Morgan fingerprint density at radius 3 is 2.75 bits per heavy atom. The number of hydrogen-bond acceptors (Lipinski definition) is 2. The summed E-state index contributed by atoms with van der Waals surface area (Å²) in [7, 11) is 0. The molecule has 0 aliphatic rings. The quantitative estimate of drug-likeness (QED) is 0.743. The standard InChI is InChI=1S/C13H20ClNO/c1-2-3-4-9-16-13-6-5-11(7-8-15)10-12(13)14/h5-6,10H,2-4,7-9,15H2,1H3. The maximum absolute atomic E-state index is 6.11. The van der Waals surface area contributed by atoms with E-state index in [2.05, 4.69) is 6.92 Å². The molecule has 0 amide bonds. The molecule has 0 radical (unpaired) electrons. The minimum Gasteiger partial charge on any atom is -0.492 e. The Labute approximate surface area is 103 Å². The van der Waals surface area contributed by atoms with Gasteiger partial charge in [0.25, 0.3) is 0 Å². The minimum atomic E-state index is 0.646. The van der Waals surface area contributed by atoms with E-state index >= 15 is 0 Å². The van der Waals surface area contributed by atoms with Crippen LogP contribution < -0.4 is 10.5 Å². The number of rotatable bonds is 7. The van der Waals surface area contributed by atoms with Gasteiger partial charge in [-0.2, -0.15) is 0 Å². The molecule has 1 aromatic carbocycles. The normalized spacial score (nSPS) is 10.4. The van der Waals surface area contributed by atoms with E-state index in [9.17, 15) is 0 Å². The molecule has 2 nitrogen and oxygen atoms in total. The predicted octanol–water partition coefficient (Wildman–Crippen LogP) is 3.41. The summed E-state index contributed by atoms with van der Waals surface area (Å²) < 4.78 is 5.61. The van der Waals surface area contributed by atoms with Gasteiger partial charge in [0.15, 0.2) is 0 Å². The molecule has 0 saturated heterocycles. The van der Waals surface area contributed by atoms with Crippen LogP contribution in [0.25, 0.3) is 0 Å². The van der Waals surface area contributed by atoms with Crippen LogP contribution in [0.2, 0.25) is 5.02 Å². The highest BCUT2D eigenvalue weighted by molar-refractivity contribution is 6.32. The van der Waals surface area contributed by atoms with Crippen molar-refractivity contribution >= 4 is 11.6 Å². The summed E-state index contributed by atoms with van der Waals surface area (Å²) in [6.07, 6.45) is 4.34. The van der Waals surface area contributed by atoms with Gasteiger partial charge in [0.1, 0.15) is 5.75 Å². The van der Waals surface area contributed by atoms with Gasteiger partial charge in [-0.05, 0) is 37.1 Å². The van der Waals surface area contributed by atoms with Crippen LogP contribution in [0, 0.1) is 0 Å². The van der Waals surface area contributed by atoms with Crippen molar-refractivity contribution in [2.75, 3.05) is 13.2 Å². The van der Waals surface area contributed by atoms with Gasteiger partial charge in [0.2, 0.25) is 0 Å². The Balaban J connectivity index is 2.47. The lowest BCUT2D eigenvalue weighted by atomic mass is 10.1. The fourth-order valence-electron chi connectivity index (χ4n) is 1.52. The minimum absolute atomic E-state index is 0.646. The van der Waals surface area contributed by atoms with E-state index in [1.54, 1.807) is 0 Å². The van der Waals surface area contributed by atoms with Crippen LogP contribution in [0.3, 0.4) is 0 Å². The SMILES string of the molecule is CCCCCOc1ccc(CCN)cc1Cl. The third kappa shape index (κ3) is 4.42. The molecule has 0 unspecified atom stereocenters. The molecule has 0 spiro atoms. The van der Waals surface area contributed by atoms with Crippen molar-refractivity contribution in [3.63, 3.8) is 0 Å². The molecule has 3 heteroatoms. The van der Waals surface area contributed by atoms with E-state index in [1.165, 1.54) is 12.8 Å². The molecule has 0 atom stereocenters. The zero-order valence-electron chi connectivity index (χ0n) is 9.84. The van der Waals surface area contributed by atoms with Crippen molar-refractivity contribution in [1.82, 2.24) is 0 Å². The molecule has 0 saturated carbocycles. The lowest BCUT2D eigenvalue weighted by Crippen LogP contribution is -2.03. The molecule has 0 aliphatic carbocycles. The second kappa shape index (κ2) is 7.53. The van der Waals surface area contributed by atoms with E-state index in [0.29, 0.717) is 11.6 Å². The largest absolute Gasteiger partial charge is 0.492 e. The van der Waals surface area contributed by atoms with Gasteiger partial charge in [-0.3, -0.25) is 0 Å². The van der Waals surface area contributed by atoms with Crippen molar-refractivity contribution < 1.29 is 4.74 Å². The molecule has 0 heterocycles. The second-order valence-electron chi connectivity index (χ2n) is 3.86. The first-order valence-corrected chi connectivity index (χ1v) is 6.27. The molecule has 0 aromatic heterocycles. The summed E-state index contributed by atoms with van der Waals surface area (Å²) in [5, 5.41) is 0.683. The van der Waals surface area contributed by atoms with Crippen LogP contribution in [0.1, 0.15) is 31.7 Å². The Kier molecular flexibility index (Phi) is 6.27. The molecule has 0 aliphatic heterocycles. The number of ether oxygens (including phenoxy) is 1. The van der Waals surface area contributed by atoms with Gasteiger partial charge in [-0.1, -0.05) is 37.4 Å². The van der Waals surface area contributed by atoms with Gasteiger partial charge in [-0.15, -0.1) is 0 Å². The molecule has 90 valence electrons. The summed E-state index contributed by atoms with van der Waals surface area (Å²) in [6.45, 7) is 3.56. The third-order valence-electron chi connectivity index (χ3n) is 2.43. The van der Waals surface area contributed by atoms with Gasteiger partial charge in [0.05, 0.1) is 11.6 Å². The third-order valence-corrected chi connectivity index (χ3v) is 2.73. The summed E-state index contributed by atoms with van der Waals surface area (Å²) in [5.41, 5.74) is 6.65. The van der Waals surface area contributed by atoms with Gasteiger partial charge in [-0.25, -0.2) is 0 Å². The van der Waals surface area contributed by atoms with E-state index in [0.717, 1.165) is 30.8 Å². The second-order valence-corrected chi connectivity index (χ2v) is 4.27. The van der Waals surface area contributed by atoms with E-state index in [1.807, 2.05) is 18.2 Å². The van der Waals surface area contributed by atoms with Crippen molar-refractivity contribution in [2.45, 2.75) is 32.6 Å². The van der Waals surface area contributed by atoms with Crippen LogP contribution >= 0.6 is 11.6 Å². The van der Waals surface area contributed by atoms with Gasteiger partial charge in [0, 0.05) is 0 Å². The first-order valence-electron chi connectivity index (χ1n) is 5.89. The average molecular weight is 242 g/mol. The van der Waals surface area contributed by atoms with Gasteiger partial charge < -0.3 is 10.5 Å².